The zero-order chi connectivity index (χ0) is 28.2. The average molecular weight is 553 g/mol. The van der Waals surface area contributed by atoms with Crippen LogP contribution >= 0.6 is 0 Å². The molecule has 0 spiro atoms. The molecule has 0 fully saturated rings. The van der Waals surface area contributed by atoms with E-state index in [1.165, 1.54) is 24.5 Å². The van der Waals surface area contributed by atoms with Crippen molar-refractivity contribution >= 4 is 21.6 Å². The predicted octanol–water partition coefficient (Wildman–Crippen LogP) is 4.00. The number of hydrogen-bond donors (Lipinski definition) is 2. The minimum atomic E-state index is -3.35. The number of sulfone groups is 1. The van der Waals surface area contributed by atoms with Gasteiger partial charge in [0.15, 0.2) is 15.6 Å². The number of hydrogen-bond acceptors (Lipinski definition) is 9. The summed E-state index contributed by atoms with van der Waals surface area (Å²) >= 11 is 0. The van der Waals surface area contributed by atoms with Gasteiger partial charge >= 0.3 is 5.97 Å². The Morgan fingerprint density at radius 1 is 0.897 bits per heavy atom. The molecule has 2 heterocycles. The number of carbonyl (C=O) groups excluding carboxylic acids is 2. The number of carbonyl (C=O) groups is 2. The first-order valence-corrected chi connectivity index (χ1v) is 13.9. The fourth-order valence-electron chi connectivity index (χ4n) is 3.66. The molecule has 2 aromatic heterocycles. The molecule has 0 saturated heterocycles. The second-order valence-electron chi connectivity index (χ2n) is 9.05. The summed E-state index contributed by atoms with van der Waals surface area (Å²) in [6.45, 7) is 5.19. The molecule has 0 amide bonds. The molecule has 204 valence electrons. The van der Waals surface area contributed by atoms with Crippen molar-refractivity contribution in [1.82, 2.24) is 19.9 Å². The van der Waals surface area contributed by atoms with Gasteiger partial charge in [-0.15, -0.1) is 0 Å². The molecule has 0 unspecified atom stereocenters. The van der Waals surface area contributed by atoms with E-state index in [1.54, 1.807) is 51.1 Å². The first-order chi connectivity index (χ1) is 18.5. The number of aromatic amines is 2. The van der Waals surface area contributed by atoms with Crippen LogP contribution < -0.4 is 9.47 Å². The van der Waals surface area contributed by atoms with Crippen LogP contribution in [-0.2, 0) is 21.0 Å². The Hall–Kier alpha value is -4.45. The Morgan fingerprint density at radius 3 is 2.10 bits per heavy atom. The summed E-state index contributed by atoms with van der Waals surface area (Å²) in [5, 5.41) is 0. The lowest BCUT2D eigenvalue weighted by Crippen LogP contribution is -2.22. The van der Waals surface area contributed by atoms with Crippen LogP contribution in [0.15, 0.2) is 59.8 Å². The number of H-pyrrole nitrogens is 2. The summed E-state index contributed by atoms with van der Waals surface area (Å²) in [5.41, 5.74) is 1.24. The van der Waals surface area contributed by atoms with E-state index in [4.69, 9.17) is 14.2 Å². The SMILES string of the molecule is Cc1ncc(C(=O)Cc2cc(Oc3ccc(S(C)(=O)=O)cc3)cc(O[C@@H](C)COC(=O)c3cnc(C)[nH]3)c2)[nH]1. The molecule has 12 heteroatoms. The fourth-order valence-corrected chi connectivity index (χ4v) is 4.29. The van der Waals surface area contributed by atoms with Crippen molar-refractivity contribution in [2.45, 2.75) is 38.2 Å². The van der Waals surface area contributed by atoms with Gasteiger partial charge in [0.25, 0.3) is 0 Å². The minimum Gasteiger partial charge on any atom is -0.487 e. The maximum atomic E-state index is 12.8. The number of esters is 1. The standard InChI is InChI=1S/C27H28N4O7S/c1-16(15-36-27(33)25-14-29-18(3)31-25)37-21-9-19(11-26(32)24-13-28-17(2)30-24)10-22(12-21)38-20-5-7-23(8-6-20)39(4,34)35/h5-10,12-14,16H,11,15H2,1-4H3,(H,28,30)(H,29,31)/t16-/m0/s1. The number of nitrogens with zero attached hydrogens (tertiary/aromatic N) is 2. The van der Waals surface area contributed by atoms with Crippen molar-refractivity contribution in [3.63, 3.8) is 0 Å². The Balaban J connectivity index is 1.51. The van der Waals surface area contributed by atoms with Gasteiger partial charge in [-0.3, -0.25) is 4.79 Å². The number of nitrogens with one attached hydrogen (secondary N) is 2. The normalized spacial score (nSPS) is 12.1. The van der Waals surface area contributed by atoms with Gasteiger partial charge in [-0.2, -0.15) is 0 Å². The van der Waals surface area contributed by atoms with Gasteiger partial charge in [0.05, 0.1) is 17.3 Å². The number of rotatable bonds is 11. The third-order valence-corrected chi connectivity index (χ3v) is 6.63. The number of ether oxygens (including phenoxy) is 3. The highest BCUT2D eigenvalue weighted by Crippen LogP contribution is 2.29. The zero-order valence-electron chi connectivity index (χ0n) is 21.8. The highest BCUT2D eigenvalue weighted by atomic mass is 32.2. The third-order valence-electron chi connectivity index (χ3n) is 5.50. The highest BCUT2D eigenvalue weighted by Gasteiger charge is 2.16. The maximum Gasteiger partial charge on any atom is 0.356 e. The summed E-state index contributed by atoms with van der Waals surface area (Å²) < 4.78 is 40.8. The topological polar surface area (TPSA) is 153 Å². The molecule has 2 aromatic carbocycles. The lowest BCUT2D eigenvalue weighted by Gasteiger charge is -2.17. The van der Waals surface area contributed by atoms with Crippen molar-refractivity contribution in [2.24, 2.45) is 0 Å². The summed E-state index contributed by atoms with van der Waals surface area (Å²) in [6, 6.07) is 11.0. The lowest BCUT2D eigenvalue weighted by atomic mass is 10.1. The summed E-state index contributed by atoms with van der Waals surface area (Å²) in [5.74, 6) is 1.67. The van der Waals surface area contributed by atoms with E-state index in [2.05, 4.69) is 19.9 Å². The predicted molar refractivity (Wildman–Crippen MR) is 141 cm³/mol. The van der Waals surface area contributed by atoms with Crippen LogP contribution in [0, 0.1) is 13.8 Å². The van der Waals surface area contributed by atoms with Gasteiger partial charge < -0.3 is 24.2 Å². The Morgan fingerprint density at radius 2 is 1.51 bits per heavy atom. The van der Waals surface area contributed by atoms with Gasteiger partial charge in [0.2, 0.25) is 0 Å². The summed E-state index contributed by atoms with van der Waals surface area (Å²) in [4.78, 5) is 39.0. The van der Waals surface area contributed by atoms with Crippen molar-refractivity contribution < 1.29 is 32.2 Å². The van der Waals surface area contributed by atoms with Gasteiger partial charge in [0.1, 0.15) is 53.0 Å². The van der Waals surface area contributed by atoms with E-state index in [9.17, 15) is 18.0 Å². The quantitative estimate of drug-likeness (QED) is 0.208. The second kappa shape index (κ2) is 11.5. The van der Waals surface area contributed by atoms with E-state index in [0.717, 1.165) is 6.26 Å². The molecule has 0 aliphatic rings. The van der Waals surface area contributed by atoms with Gasteiger partial charge in [-0.25, -0.2) is 23.2 Å². The first kappa shape index (κ1) is 27.6. The Kier molecular flexibility index (Phi) is 8.15. The van der Waals surface area contributed by atoms with Gasteiger partial charge in [0, 0.05) is 18.7 Å². The molecule has 4 rings (SSSR count). The minimum absolute atomic E-state index is 0.0311. The number of ketones is 1. The van der Waals surface area contributed by atoms with Gasteiger partial charge in [-0.1, -0.05) is 0 Å². The Labute approximate surface area is 225 Å². The van der Waals surface area contributed by atoms with Gasteiger partial charge in [-0.05, 0) is 62.7 Å². The van der Waals surface area contributed by atoms with Crippen LogP contribution in [-0.4, -0.2) is 59.1 Å². The van der Waals surface area contributed by atoms with Crippen molar-refractivity contribution in [1.29, 1.82) is 0 Å². The summed E-state index contributed by atoms with van der Waals surface area (Å²) in [7, 11) is -3.35. The van der Waals surface area contributed by atoms with E-state index >= 15 is 0 Å². The molecule has 0 saturated carbocycles. The van der Waals surface area contributed by atoms with Crippen LogP contribution in [0.2, 0.25) is 0 Å². The lowest BCUT2D eigenvalue weighted by molar-refractivity contribution is 0.0335. The Bertz CT molecular complexity index is 1590. The monoisotopic (exact) mass is 552 g/mol. The largest absolute Gasteiger partial charge is 0.487 e. The molecule has 1 atom stereocenters. The van der Waals surface area contributed by atoms with Crippen molar-refractivity contribution in [2.75, 3.05) is 12.9 Å². The van der Waals surface area contributed by atoms with Crippen LogP contribution in [0.3, 0.4) is 0 Å². The first-order valence-electron chi connectivity index (χ1n) is 12.0. The molecule has 2 N–H and O–H groups in total. The second-order valence-corrected chi connectivity index (χ2v) is 11.1. The molecule has 0 bridgehead atoms. The number of aryl methyl sites for hydroxylation is 2. The summed E-state index contributed by atoms with van der Waals surface area (Å²) in [6.07, 6.45) is 3.53. The van der Waals surface area contributed by atoms with E-state index in [-0.39, 0.29) is 29.4 Å². The number of imidazole rings is 2. The van der Waals surface area contributed by atoms with E-state index < -0.39 is 21.9 Å². The number of Topliss-reactive ketones (excluding diaryl/α,β-unsaturated/α-hetero) is 1. The van der Waals surface area contributed by atoms with Crippen molar-refractivity contribution in [3.8, 4) is 17.2 Å². The molecule has 11 nitrogen and oxygen atoms in total. The maximum absolute atomic E-state index is 12.8. The number of benzene rings is 2. The van der Waals surface area contributed by atoms with Crippen LogP contribution in [0.4, 0.5) is 0 Å². The molecule has 0 aliphatic carbocycles. The highest BCUT2D eigenvalue weighted by molar-refractivity contribution is 7.90. The van der Waals surface area contributed by atoms with Crippen LogP contribution in [0.25, 0.3) is 0 Å². The molecular formula is C27H28N4O7S. The van der Waals surface area contributed by atoms with Crippen LogP contribution in [0.1, 0.15) is 45.1 Å². The molecular weight excluding hydrogens is 524 g/mol. The zero-order valence-corrected chi connectivity index (χ0v) is 22.7. The average Bonchev–Trinajstić information content (AvgIpc) is 3.50. The smallest absolute Gasteiger partial charge is 0.356 e. The van der Waals surface area contributed by atoms with E-state index in [0.29, 0.717) is 40.2 Å². The molecule has 39 heavy (non-hydrogen) atoms. The molecule has 4 aromatic rings. The fraction of sp³-hybridized carbons (Fsp3) is 0.259. The number of aromatic nitrogens is 4. The van der Waals surface area contributed by atoms with E-state index in [1.807, 2.05) is 0 Å². The molecule has 0 aliphatic heterocycles. The third kappa shape index (κ3) is 7.54. The van der Waals surface area contributed by atoms with Crippen molar-refractivity contribution in [3.05, 3.63) is 83.5 Å². The van der Waals surface area contributed by atoms with Crippen LogP contribution in [0.5, 0.6) is 17.2 Å². The molecule has 0 radical (unpaired) electrons.